The largest absolute Gasteiger partial charge is 0.416 e. The number of alkyl halides is 3. The Morgan fingerprint density at radius 3 is 2.29 bits per heavy atom. The minimum atomic E-state index is -4.41. The van der Waals surface area contributed by atoms with Crippen molar-refractivity contribution in [2.45, 2.75) is 57.7 Å². The van der Waals surface area contributed by atoms with Crippen molar-refractivity contribution in [1.82, 2.24) is 14.9 Å². The Balaban J connectivity index is 1.14. The molecule has 4 saturated carbocycles. The second-order valence-electron chi connectivity index (χ2n) is 11.0. The van der Waals surface area contributed by atoms with Crippen molar-refractivity contribution in [3.05, 3.63) is 53.0 Å². The summed E-state index contributed by atoms with van der Waals surface area (Å²) in [6.45, 7) is 1.78. The number of halogens is 3. The van der Waals surface area contributed by atoms with Crippen molar-refractivity contribution >= 4 is 11.7 Å². The zero-order valence-corrected chi connectivity index (χ0v) is 19.1. The van der Waals surface area contributed by atoms with Gasteiger partial charge in [-0.1, -0.05) is 0 Å². The van der Waals surface area contributed by atoms with Crippen molar-refractivity contribution in [3.8, 4) is 0 Å². The van der Waals surface area contributed by atoms with E-state index >= 15 is 0 Å². The summed E-state index contributed by atoms with van der Waals surface area (Å²) in [6, 6.07) is 4.41. The van der Waals surface area contributed by atoms with Gasteiger partial charge in [-0.25, -0.2) is 9.97 Å². The second kappa shape index (κ2) is 7.95. The lowest BCUT2D eigenvalue weighted by molar-refractivity contribution is -0.137. The third-order valence-corrected chi connectivity index (χ3v) is 8.55. The lowest BCUT2D eigenvalue weighted by atomic mass is 9.49. The van der Waals surface area contributed by atoms with E-state index in [1.54, 1.807) is 11.2 Å². The highest BCUT2D eigenvalue weighted by Gasteiger charge is 2.50. The highest BCUT2D eigenvalue weighted by Crippen LogP contribution is 2.60. The molecule has 1 amide bonds. The molecule has 4 fully saturated rings. The molecule has 0 atom stereocenters. The predicted molar refractivity (Wildman–Crippen MR) is 121 cm³/mol. The molecule has 4 bridgehead atoms. The Hall–Kier alpha value is -2.64. The summed E-state index contributed by atoms with van der Waals surface area (Å²) >= 11 is 0. The standard InChI is InChI=1S/C26H29F3N4O/c27-26(28,29)20-3-1-19(2-4-20)24(34)33-6-5-21-22(13-33)31-15-32-23(21)30-14-25-10-16-7-17(11-25)9-18(8-16)12-25/h1-4,15-18H,5-14H2,(H,30,31,32). The molecule has 0 saturated heterocycles. The van der Waals surface area contributed by atoms with Gasteiger partial charge < -0.3 is 10.2 Å². The van der Waals surface area contributed by atoms with Crippen LogP contribution >= 0.6 is 0 Å². The van der Waals surface area contributed by atoms with E-state index in [0.717, 1.165) is 53.5 Å². The van der Waals surface area contributed by atoms with Crippen LogP contribution in [0.5, 0.6) is 0 Å². The first kappa shape index (κ1) is 21.9. The predicted octanol–water partition coefficient (Wildman–Crippen LogP) is 5.32. The van der Waals surface area contributed by atoms with Gasteiger partial charge in [-0.05, 0) is 92.4 Å². The molecule has 8 heteroatoms. The molecule has 0 spiro atoms. The molecule has 7 rings (SSSR count). The van der Waals surface area contributed by atoms with Gasteiger partial charge in [0.2, 0.25) is 0 Å². The molecular weight excluding hydrogens is 441 g/mol. The number of rotatable bonds is 4. The Kier molecular flexibility index (Phi) is 5.12. The number of amides is 1. The number of nitrogens with zero attached hydrogens (tertiary/aromatic N) is 3. The number of fused-ring (bicyclic) bond motifs is 1. The van der Waals surface area contributed by atoms with E-state index in [1.807, 2.05) is 0 Å². The van der Waals surface area contributed by atoms with E-state index < -0.39 is 11.7 Å². The van der Waals surface area contributed by atoms with Crippen molar-refractivity contribution in [3.63, 3.8) is 0 Å². The summed E-state index contributed by atoms with van der Waals surface area (Å²) in [5, 5.41) is 3.66. The molecule has 1 N–H and O–H groups in total. The summed E-state index contributed by atoms with van der Waals surface area (Å²) in [5.41, 5.74) is 1.77. The van der Waals surface area contributed by atoms with Gasteiger partial charge in [-0.3, -0.25) is 4.79 Å². The fraction of sp³-hybridized carbons (Fsp3) is 0.577. The maximum Gasteiger partial charge on any atom is 0.416 e. The van der Waals surface area contributed by atoms with Gasteiger partial charge in [-0.15, -0.1) is 0 Å². The molecular formula is C26H29F3N4O. The highest BCUT2D eigenvalue weighted by molar-refractivity contribution is 5.94. The molecule has 1 aromatic carbocycles. The van der Waals surface area contributed by atoms with Crippen LogP contribution in [0.3, 0.4) is 0 Å². The summed E-state index contributed by atoms with van der Waals surface area (Å²) in [4.78, 5) is 23.6. The number of carbonyl (C=O) groups is 1. The topological polar surface area (TPSA) is 58.1 Å². The third kappa shape index (κ3) is 3.95. The van der Waals surface area contributed by atoms with Crippen LogP contribution in [0.15, 0.2) is 30.6 Å². The Morgan fingerprint density at radius 2 is 1.68 bits per heavy atom. The fourth-order valence-corrected chi connectivity index (χ4v) is 7.44. The Bertz CT molecular complexity index is 1060. The van der Waals surface area contributed by atoms with Crippen molar-refractivity contribution in [1.29, 1.82) is 0 Å². The van der Waals surface area contributed by atoms with Crippen LogP contribution in [0.1, 0.15) is 65.7 Å². The van der Waals surface area contributed by atoms with Crippen LogP contribution in [0.2, 0.25) is 0 Å². The van der Waals surface area contributed by atoms with E-state index in [9.17, 15) is 18.0 Å². The average molecular weight is 471 g/mol. The van der Waals surface area contributed by atoms with Crippen molar-refractivity contribution in [2.24, 2.45) is 23.2 Å². The molecule has 34 heavy (non-hydrogen) atoms. The zero-order chi connectivity index (χ0) is 23.5. The van der Waals surface area contributed by atoms with Crippen LogP contribution in [0, 0.1) is 23.2 Å². The summed E-state index contributed by atoms with van der Waals surface area (Å²) < 4.78 is 38.5. The molecule has 0 unspecified atom stereocenters. The molecule has 1 aromatic heterocycles. The number of anilines is 1. The summed E-state index contributed by atoms with van der Waals surface area (Å²) in [6.07, 6.45) is 6.01. The van der Waals surface area contributed by atoms with E-state index in [1.165, 1.54) is 50.7 Å². The number of aromatic nitrogens is 2. The molecule has 4 aliphatic carbocycles. The number of benzene rings is 1. The molecule has 5 aliphatic rings. The number of nitrogens with one attached hydrogen (secondary N) is 1. The van der Waals surface area contributed by atoms with Crippen molar-refractivity contribution in [2.75, 3.05) is 18.4 Å². The lowest BCUT2D eigenvalue weighted by Gasteiger charge is -2.57. The SMILES string of the molecule is O=C(c1ccc(C(F)(F)F)cc1)N1CCc2c(ncnc2NCC23CC4CC(CC(C4)C2)C3)C1. The maximum absolute atomic E-state index is 12.9. The van der Waals surface area contributed by atoms with Gasteiger partial charge in [0.1, 0.15) is 12.1 Å². The van der Waals surface area contributed by atoms with Gasteiger partial charge in [0.15, 0.2) is 0 Å². The van der Waals surface area contributed by atoms with E-state index in [4.69, 9.17) is 0 Å². The first-order valence-electron chi connectivity index (χ1n) is 12.3. The van der Waals surface area contributed by atoms with Gasteiger partial charge in [0.25, 0.3) is 5.91 Å². The van der Waals surface area contributed by atoms with Crippen LogP contribution in [0.4, 0.5) is 19.0 Å². The molecule has 180 valence electrons. The molecule has 0 radical (unpaired) electrons. The maximum atomic E-state index is 12.9. The second-order valence-corrected chi connectivity index (χ2v) is 11.0. The number of hydrogen-bond donors (Lipinski definition) is 1. The van der Waals surface area contributed by atoms with Gasteiger partial charge in [0, 0.05) is 24.2 Å². The van der Waals surface area contributed by atoms with E-state index in [2.05, 4.69) is 15.3 Å². The van der Waals surface area contributed by atoms with Crippen LogP contribution in [-0.2, 0) is 19.1 Å². The minimum Gasteiger partial charge on any atom is -0.369 e. The van der Waals surface area contributed by atoms with Crippen LogP contribution < -0.4 is 5.32 Å². The van der Waals surface area contributed by atoms with Crippen LogP contribution in [-0.4, -0.2) is 33.9 Å². The number of hydrogen-bond acceptors (Lipinski definition) is 4. The molecule has 2 aromatic rings. The molecule has 1 aliphatic heterocycles. The van der Waals surface area contributed by atoms with Crippen LogP contribution in [0.25, 0.3) is 0 Å². The quantitative estimate of drug-likeness (QED) is 0.657. The first-order valence-corrected chi connectivity index (χ1v) is 12.3. The lowest BCUT2D eigenvalue weighted by Crippen LogP contribution is -2.49. The smallest absolute Gasteiger partial charge is 0.369 e. The summed E-state index contributed by atoms with van der Waals surface area (Å²) in [5.74, 6) is 3.30. The third-order valence-electron chi connectivity index (χ3n) is 8.55. The van der Waals surface area contributed by atoms with Gasteiger partial charge in [0.05, 0.1) is 17.8 Å². The Morgan fingerprint density at radius 1 is 1.03 bits per heavy atom. The van der Waals surface area contributed by atoms with E-state index in [-0.39, 0.29) is 11.5 Å². The fourth-order valence-electron chi connectivity index (χ4n) is 7.44. The minimum absolute atomic E-state index is 0.255. The average Bonchev–Trinajstić information content (AvgIpc) is 2.80. The Labute approximate surface area is 197 Å². The number of carbonyl (C=O) groups excluding carboxylic acids is 1. The van der Waals surface area contributed by atoms with Crippen molar-refractivity contribution < 1.29 is 18.0 Å². The monoisotopic (exact) mass is 470 g/mol. The van der Waals surface area contributed by atoms with Gasteiger partial charge in [-0.2, -0.15) is 13.2 Å². The zero-order valence-electron chi connectivity index (χ0n) is 19.1. The normalized spacial score (nSPS) is 29.7. The molecule has 2 heterocycles. The van der Waals surface area contributed by atoms with Gasteiger partial charge >= 0.3 is 6.18 Å². The summed E-state index contributed by atoms with van der Waals surface area (Å²) in [7, 11) is 0. The first-order chi connectivity index (χ1) is 16.3. The highest BCUT2D eigenvalue weighted by atomic mass is 19.4. The van der Waals surface area contributed by atoms with E-state index in [0.29, 0.717) is 24.9 Å². The molecule has 5 nitrogen and oxygen atoms in total.